The number of nitrogens with one attached hydrogen (secondary N) is 8. The highest BCUT2D eigenvalue weighted by atomic mass is 32.2. The zero-order chi connectivity index (χ0) is 71.5. The van der Waals surface area contributed by atoms with Gasteiger partial charge in [-0.2, -0.15) is 23.5 Å². The Morgan fingerprint density at radius 1 is 0.619 bits per heavy atom. The molecule has 1 fully saturated rings. The minimum atomic E-state index is -1.62. The first kappa shape index (κ1) is 85.0. The lowest BCUT2D eigenvalue weighted by Gasteiger charge is -2.33. The van der Waals surface area contributed by atoms with Gasteiger partial charge in [0.15, 0.2) is 6.29 Å². The lowest BCUT2D eigenvalue weighted by atomic mass is 9.99. The lowest BCUT2D eigenvalue weighted by Crippen LogP contribution is -2.59. The molecule has 14 N–H and O–H groups in total. The molecule has 33 heteroatoms. The highest BCUT2D eigenvalue weighted by molar-refractivity contribution is 7.98. The van der Waals surface area contributed by atoms with E-state index in [9.17, 15) is 73.2 Å². The molecule has 9 amide bonds. The van der Waals surface area contributed by atoms with Gasteiger partial charge in [-0.05, 0) is 68.4 Å². The van der Waals surface area contributed by atoms with Crippen LogP contribution in [0.25, 0.3) is 0 Å². The number of carboxylic acid groups (broad SMARTS) is 2. The number of carbonyl (C=O) groups excluding carboxylic acids is 9. The number of aliphatic carboxylic acids is 2. The van der Waals surface area contributed by atoms with Crippen LogP contribution in [0, 0.1) is 11.8 Å². The number of hydrogen-bond donors (Lipinski definition) is 13. The fraction of sp³-hybridized carbons (Fsp3) is 0.734. The molecule has 3 rings (SSSR count). The molecule has 0 aromatic heterocycles. The van der Waals surface area contributed by atoms with E-state index in [2.05, 4.69) is 48.6 Å². The first-order valence-electron chi connectivity index (χ1n) is 33.5. The normalized spacial score (nSPS) is 19.7. The summed E-state index contributed by atoms with van der Waals surface area (Å²) in [6, 6.07) is 3.18. The zero-order valence-electron chi connectivity index (χ0n) is 57.2. The summed E-state index contributed by atoms with van der Waals surface area (Å²) in [5.74, 6) is -4.69. The van der Waals surface area contributed by atoms with Gasteiger partial charge >= 0.3 is 11.9 Å². The molecule has 5 atom stereocenters. The van der Waals surface area contributed by atoms with Crippen molar-refractivity contribution in [3.63, 3.8) is 0 Å². The average Bonchev–Trinajstić information content (AvgIpc) is 0.981. The largest absolute Gasteiger partial charge is 0.480 e. The highest BCUT2D eigenvalue weighted by Crippen LogP contribution is 2.20. The molecule has 97 heavy (non-hydrogen) atoms. The van der Waals surface area contributed by atoms with Crippen molar-refractivity contribution in [2.45, 2.75) is 140 Å². The van der Waals surface area contributed by atoms with E-state index in [0.717, 1.165) is 11.1 Å². The standard InChI is InChI=1S/C64H109N13O18S2/c1-44(2)35-50-63(91)73-59(45(3)4)64(92)72-51(43-97-42-48-12-8-11-47(36-48)41-96-34-16-54(80)69-46(5)61(89)71-50)62(90)68-19-10-29-94-31-33-95-32-30-93-28-9-18-66-52(78)14-15-53(79)70-49(60(65)88)13-6-7-17-67-55(81)37-74-20-22-75(38-56(82)83)24-26-77(40-58(86)87)27-25-76(23-21-74)39-57(84)85/h8,11-12,36,44-46,49-51,58-59,86-87H,6-7,9-10,13-35,37-43H2,1-5H3,(H2,65,88)(H,66,78)(H,67,81)(H,68,90)(H,69,80)(H,70,79)(H,71,89)(H,72,92)(H,73,91)(H,82,83)(H,84,85)/t46-,49-,50-,51-,59-/m0/s1. The molecule has 1 aromatic carbocycles. The Labute approximate surface area is 578 Å². The third-order valence-electron chi connectivity index (χ3n) is 15.5. The van der Waals surface area contributed by atoms with Crippen LogP contribution in [0.15, 0.2) is 24.3 Å². The third-order valence-corrected chi connectivity index (χ3v) is 17.6. The Kier molecular flexibility index (Phi) is 43.2. The SMILES string of the molecule is CC(C)C[C@@H]1NC(=O)[C@H](C)NC(=O)CCSCc2cccc(c2)CSC[C@@H](C(=O)NCCCOCCOCCOCCCNC(=O)CCC(=O)N[C@@H](CCCCNC(=O)CN2CCN(CC(=O)O)CCN(CC(O)O)CCN(CC(=O)O)CC2)C(N)=O)NC(=O)[C@H](C(C)C)NC1=O. The van der Waals surface area contributed by atoms with Gasteiger partial charge in [-0.3, -0.25) is 72.3 Å². The number of β-amino-alcohol motifs (C(OH)–C–C–N with tert-alkyl or cyclic N) is 2. The molecular formula is C64H109N13O18S2. The molecule has 0 spiro atoms. The van der Waals surface area contributed by atoms with Gasteiger partial charge in [0.2, 0.25) is 53.2 Å². The molecule has 1 aromatic rings. The number of nitrogens with zero attached hydrogens (tertiary/aromatic N) is 4. The van der Waals surface area contributed by atoms with Crippen molar-refractivity contribution in [3.8, 4) is 0 Å². The number of thioether (sulfide) groups is 2. The van der Waals surface area contributed by atoms with E-state index in [4.69, 9.17) is 19.9 Å². The van der Waals surface area contributed by atoms with Crippen molar-refractivity contribution in [1.29, 1.82) is 0 Å². The maximum Gasteiger partial charge on any atom is 0.317 e. The number of primary amides is 1. The summed E-state index contributed by atoms with van der Waals surface area (Å²) in [6.45, 7) is 13.3. The second kappa shape index (κ2) is 49.3. The molecule has 550 valence electrons. The quantitative estimate of drug-likeness (QED) is 0.0256. The fourth-order valence-corrected chi connectivity index (χ4v) is 12.1. The molecule has 0 unspecified atom stereocenters. The van der Waals surface area contributed by atoms with Crippen molar-refractivity contribution < 1.29 is 87.4 Å². The zero-order valence-corrected chi connectivity index (χ0v) is 58.8. The van der Waals surface area contributed by atoms with Gasteiger partial charge in [0.05, 0.1) is 46.1 Å². The molecular weight excluding hydrogens is 1300 g/mol. The maximum absolute atomic E-state index is 14.0. The van der Waals surface area contributed by atoms with E-state index in [1.807, 2.05) is 36.9 Å². The number of aliphatic hydroxyl groups excluding tert-OH is 1. The van der Waals surface area contributed by atoms with Crippen LogP contribution < -0.4 is 48.3 Å². The number of amides is 9. The molecule has 2 aliphatic heterocycles. The minimum absolute atomic E-state index is 0.00389. The summed E-state index contributed by atoms with van der Waals surface area (Å²) in [5.41, 5.74) is 7.68. The van der Waals surface area contributed by atoms with E-state index in [1.165, 1.54) is 11.8 Å². The maximum atomic E-state index is 14.0. The van der Waals surface area contributed by atoms with E-state index < -0.39 is 83.9 Å². The van der Waals surface area contributed by atoms with Gasteiger partial charge in [0, 0.05) is 134 Å². The van der Waals surface area contributed by atoms with Crippen LogP contribution in [-0.2, 0) is 78.5 Å². The van der Waals surface area contributed by atoms with Crippen molar-refractivity contribution >= 4 is 88.6 Å². The molecule has 0 saturated carbocycles. The van der Waals surface area contributed by atoms with Gasteiger partial charge in [0.25, 0.3) is 0 Å². The summed E-state index contributed by atoms with van der Waals surface area (Å²) in [4.78, 5) is 148. The summed E-state index contributed by atoms with van der Waals surface area (Å²) < 4.78 is 16.9. The number of nitrogens with two attached hydrogens (primary N) is 1. The van der Waals surface area contributed by atoms with Gasteiger partial charge < -0.3 is 82.9 Å². The fourth-order valence-electron chi connectivity index (χ4n) is 10.2. The van der Waals surface area contributed by atoms with Gasteiger partial charge in [-0.25, -0.2) is 0 Å². The number of hydrogen-bond acceptors (Lipinski definition) is 22. The number of aliphatic hydroxyl groups is 2. The first-order valence-corrected chi connectivity index (χ1v) is 35.8. The second-order valence-electron chi connectivity index (χ2n) is 24.9. The smallest absolute Gasteiger partial charge is 0.317 e. The first-order chi connectivity index (χ1) is 46.3. The highest BCUT2D eigenvalue weighted by Gasteiger charge is 2.33. The van der Waals surface area contributed by atoms with Gasteiger partial charge in [0.1, 0.15) is 30.2 Å². The third kappa shape index (κ3) is 39.8. The van der Waals surface area contributed by atoms with Crippen LogP contribution in [0.1, 0.15) is 104 Å². The number of rotatable bonds is 36. The number of carboxylic acids is 2. The average molecular weight is 1410 g/mol. The summed E-state index contributed by atoms with van der Waals surface area (Å²) in [6.07, 6.45) is 0.602. The van der Waals surface area contributed by atoms with Crippen LogP contribution in [0.4, 0.5) is 0 Å². The Bertz CT molecular complexity index is 2570. The predicted molar refractivity (Wildman–Crippen MR) is 365 cm³/mol. The predicted octanol–water partition coefficient (Wildman–Crippen LogP) is -1.98. The van der Waals surface area contributed by atoms with Crippen molar-refractivity contribution in [1.82, 2.24) is 62.1 Å². The summed E-state index contributed by atoms with van der Waals surface area (Å²) in [5, 5.41) is 60.4. The van der Waals surface area contributed by atoms with E-state index >= 15 is 0 Å². The molecule has 0 aliphatic carbocycles. The van der Waals surface area contributed by atoms with E-state index in [0.29, 0.717) is 115 Å². The van der Waals surface area contributed by atoms with Crippen molar-refractivity contribution in [2.75, 3.05) is 149 Å². The number of benzene rings is 1. The monoisotopic (exact) mass is 1410 g/mol. The Morgan fingerprint density at radius 3 is 1.70 bits per heavy atom. The molecule has 0 radical (unpaired) electrons. The lowest BCUT2D eigenvalue weighted by molar-refractivity contribution is -0.139. The van der Waals surface area contributed by atoms with Crippen molar-refractivity contribution in [3.05, 3.63) is 35.4 Å². The number of carbonyl (C=O) groups is 11. The topological polar surface area (TPSA) is 432 Å². The van der Waals surface area contributed by atoms with Crippen LogP contribution in [-0.4, -0.2) is 291 Å². The van der Waals surface area contributed by atoms with Crippen LogP contribution >= 0.6 is 23.5 Å². The number of unbranched alkanes of at least 4 members (excludes halogenated alkanes) is 1. The van der Waals surface area contributed by atoms with E-state index in [1.54, 1.807) is 47.2 Å². The van der Waals surface area contributed by atoms with Gasteiger partial charge in [-0.15, -0.1) is 0 Å². The molecule has 2 heterocycles. The van der Waals surface area contributed by atoms with E-state index in [-0.39, 0.29) is 133 Å². The Balaban J connectivity index is 1.31. The van der Waals surface area contributed by atoms with Gasteiger partial charge in [-0.1, -0.05) is 52.0 Å². The molecule has 31 nitrogen and oxygen atoms in total. The molecule has 1 saturated heterocycles. The molecule has 2 aliphatic rings. The Morgan fingerprint density at radius 2 is 1.14 bits per heavy atom. The minimum Gasteiger partial charge on any atom is -0.480 e. The van der Waals surface area contributed by atoms with Crippen molar-refractivity contribution in [2.24, 2.45) is 17.6 Å². The van der Waals surface area contributed by atoms with Crippen LogP contribution in [0.2, 0.25) is 0 Å². The number of fused-ring (bicyclic) bond motifs is 2. The molecule has 2 bridgehead atoms. The number of ether oxygens (including phenoxy) is 3. The van der Waals surface area contributed by atoms with Crippen LogP contribution in [0.5, 0.6) is 0 Å². The summed E-state index contributed by atoms with van der Waals surface area (Å²) >= 11 is 3.08. The van der Waals surface area contributed by atoms with Crippen LogP contribution in [0.3, 0.4) is 0 Å². The second-order valence-corrected chi connectivity index (χ2v) is 27.0. The Hall–Kier alpha value is -6.27. The summed E-state index contributed by atoms with van der Waals surface area (Å²) in [7, 11) is 0.